The Morgan fingerprint density at radius 1 is 0.893 bits per heavy atom. The summed E-state index contributed by atoms with van der Waals surface area (Å²) in [5, 5.41) is 4.88. The van der Waals surface area contributed by atoms with Crippen LogP contribution in [0.25, 0.3) is 0 Å². The minimum Gasteiger partial charge on any atom is -0.495 e. The van der Waals surface area contributed by atoms with Crippen LogP contribution in [0.5, 0.6) is 11.5 Å². The molecule has 28 heavy (non-hydrogen) atoms. The third-order valence-electron chi connectivity index (χ3n) is 4.22. The first-order valence-corrected chi connectivity index (χ1v) is 9.83. The maximum Gasteiger partial charge on any atom is 0.143 e. The molecule has 0 amide bonds. The summed E-state index contributed by atoms with van der Waals surface area (Å²) in [5.74, 6) is 1.24. The van der Waals surface area contributed by atoms with Crippen LogP contribution in [0.15, 0.2) is 54.6 Å². The van der Waals surface area contributed by atoms with Crippen LogP contribution in [-0.2, 0) is 13.2 Å². The molecule has 0 heterocycles. The Morgan fingerprint density at radius 2 is 1.64 bits per heavy atom. The fourth-order valence-electron chi connectivity index (χ4n) is 2.72. The summed E-state index contributed by atoms with van der Waals surface area (Å²) < 4.78 is 11.2. The monoisotopic (exact) mass is 435 g/mol. The summed E-state index contributed by atoms with van der Waals surface area (Å²) in [6.45, 7) is 2.95. The van der Waals surface area contributed by atoms with Crippen LogP contribution in [0.3, 0.4) is 0 Å². The van der Waals surface area contributed by atoms with Crippen molar-refractivity contribution in [3.05, 3.63) is 86.4 Å². The molecule has 1 N–H and O–H groups in total. The molecule has 0 aliphatic heterocycles. The molecule has 0 aromatic heterocycles. The van der Waals surface area contributed by atoms with Crippen LogP contribution in [0.2, 0.25) is 15.1 Å². The zero-order valence-corrected chi connectivity index (χ0v) is 17.8. The van der Waals surface area contributed by atoms with E-state index in [0.717, 1.165) is 16.8 Å². The number of hydrogen-bond donors (Lipinski definition) is 1. The number of methoxy groups -OCH3 is 1. The standard InChI is InChI=1S/C22H20Cl3NO2/c1-14-3-5-15(6-4-14)13-28-22-16(9-17(23)10-20(22)25)12-26-18-7-8-21(27-2)19(24)11-18/h3-11,26H,12-13H2,1-2H3. The van der Waals surface area contributed by atoms with E-state index in [1.165, 1.54) is 5.56 Å². The molecule has 0 aliphatic rings. The maximum absolute atomic E-state index is 6.40. The number of nitrogens with one attached hydrogen (secondary N) is 1. The van der Waals surface area contributed by atoms with Crippen LogP contribution in [0.4, 0.5) is 5.69 Å². The van der Waals surface area contributed by atoms with Gasteiger partial charge in [0.15, 0.2) is 0 Å². The Hall–Kier alpha value is -2.07. The van der Waals surface area contributed by atoms with Crippen molar-refractivity contribution in [2.45, 2.75) is 20.1 Å². The Kier molecular flexibility index (Phi) is 6.95. The third-order valence-corrected chi connectivity index (χ3v) is 5.02. The van der Waals surface area contributed by atoms with Crippen LogP contribution < -0.4 is 14.8 Å². The molecule has 3 rings (SSSR count). The summed E-state index contributed by atoms with van der Waals surface area (Å²) in [6.07, 6.45) is 0. The number of aryl methyl sites for hydroxylation is 1. The number of ether oxygens (including phenoxy) is 2. The van der Waals surface area contributed by atoms with Gasteiger partial charge in [-0.15, -0.1) is 0 Å². The van der Waals surface area contributed by atoms with E-state index in [9.17, 15) is 0 Å². The summed E-state index contributed by atoms with van der Waals surface area (Å²) in [6, 6.07) is 17.2. The van der Waals surface area contributed by atoms with Crippen molar-refractivity contribution in [1.82, 2.24) is 0 Å². The van der Waals surface area contributed by atoms with E-state index in [1.807, 2.05) is 30.3 Å². The van der Waals surface area contributed by atoms with Gasteiger partial charge in [0.25, 0.3) is 0 Å². The second-order valence-electron chi connectivity index (χ2n) is 6.35. The molecule has 3 aromatic carbocycles. The molecule has 0 fully saturated rings. The van der Waals surface area contributed by atoms with Crippen molar-refractivity contribution >= 4 is 40.5 Å². The molecule has 0 atom stereocenters. The fraction of sp³-hybridized carbons (Fsp3) is 0.182. The molecule has 0 radical (unpaired) electrons. The Morgan fingerprint density at radius 3 is 2.32 bits per heavy atom. The molecule has 146 valence electrons. The Balaban J connectivity index is 1.76. The van der Waals surface area contributed by atoms with E-state index in [4.69, 9.17) is 44.3 Å². The van der Waals surface area contributed by atoms with Crippen LogP contribution in [0.1, 0.15) is 16.7 Å². The molecule has 6 heteroatoms. The number of anilines is 1. The smallest absolute Gasteiger partial charge is 0.143 e. The van der Waals surface area contributed by atoms with Gasteiger partial charge in [0.1, 0.15) is 18.1 Å². The molecule has 0 unspecified atom stereocenters. The van der Waals surface area contributed by atoms with Crippen molar-refractivity contribution in [1.29, 1.82) is 0 Å². The quantitative estimate of drug-likeness (QED) is 0.426. The van der Waals surface area contributed by atoms with Crippen molar-refractivity contribution < 1.29 is 9.47 Å². The second kappa shape index (κ2) is 9.42. The Bertz CT molecular complexity index is 959. The van der Waals surface area contributed by atoms with Crippen molar-refractivity contribution in [2.24, 2.45) is 0 Å². The minimum atomic E-state index is 0.420. The van der Waals surface area contributed by atoms with E-state index < -0.39 is 0 Å². The number of hydrogen-bond acceptors (Lipinski definition) is 3. The number of halogens is 3. The van der Waals surface area contributed by atoms with Gasteiger partial charge in [0.2, 0.25) is 0 Å². The van der Waals surface area contributed by atoms with Crippen molar-refractivity contribution in [3.8, 4) is 11.5 Å². The summed E-state index contributed by atoms with van der Waals surface area (Å²) in [7, 11) is 1.58. The predicted octanol–water partition coefficient (Wildman–Crippen LogP) is 7.15. The number of rotatable bonds is 7. The second-order valence-corrected chi connectivity index (χ2v) is 7.60. The van der Waals surface area contributed by atoms with Gasteiger partial charge in [0, 0.05) is 22.8 Å². The average molecular weight is 437 g/mol. The lowest BCUT2D eigenvalue weighted by Crippen LogP contribution is -2.05. The van der Waals surface area contributed by atoms with E-state index in [-0.39, 0.29) is 0 Å². The van der Waals surface area contributed by atoms with Crippen LogP contribution >= 0.6 is 34.8 Å². The molecule has 0 aliphatic carbocycles. The largest absolute Gasteiger partial charge is 0.495 e. The maximum atomic E-state index is 6.40. The molecule has 0 bridgehead atoms. The van der Waals surface area contributed by atoms with Gasteiger partial charge < -0.3 is 14.8 Å². The normalized spacial score (nSPS) is 10.6. The van der Waals surface area contributed by atoms with Crippen LogP contribution in [0, 0.1) is 6.92 Å². The molecular weight excluding hydrogens is 417 g/mol. The fourth-order valence-corrected chi connectivity index (χ4v) is 3.57. The topological polar surface area (TPSA) is 30.5 Å². The van der Waals surface area contributed by atoms with E-state index in [0.29, 0.717) is 39.7 Å². The van der Waals surface area contributed by atoms with Gasteiger partial charge in [-0.3, -0.25) is 0 Å². The molecular formula is C22H20Cl3NO2. The lowest BCUT2D eigenvalue weighted by molar-refractivity contribution is 0.303. The number of benzene rings is 3. The zero-order valence-electron chi connectivity index (χ0n) is 15.6. The van der Waals surface area contributed by atoms with E-state index in [1.54, 1.807) is 19.2 Å². The zero-order chi connectivity index (χ0) is 20.1. The Labute approximate surface area is 180 Å². The van der Waals surface area contributed by atoms with E-state index in [2.05, 4.69) is 24.4 Å². The van der Waals surface area contributed by atoms with Gasteiger partial charge in [-0.2, -0.15) is 0 Å². The summed E-state index contributed by atoms with van der Waals surface area (Å²) >= 11 is 18.8. The average Bonchev–Trinajstić information content (AvgIpc) is 2.67. The van der Waals surface area contributed by atoms with Crippen molar-refractivity contribution in [3.63, 3.8) is 0 Å². The first-order valence-electron chi connectivity index (χ1n) is 8.70. The molecule has 3 nitrogen and oxygen atoms in total. The highest BCUT2D eigenvalue weighted by molar-refractivity contribution is 6.35. The van der Waals surface area contributed by atoms with Crippen molar-refractivity contribution in [2.75, 3.05) is 12.4 Å². The molecule has 0 spiro atoms. The summed E-state index contributed by atoms with van der Waals surface area (Å²) in [4.78, 5) is 0. The lowest BCUT2D eigenvalue weighted by atomic mass is 10.1. The van der Waals surface area contributed by atoms with Gasteiger partial charge in [-0.25, -0.2) is 0 Å². The predicted molar refractivity (Wildman–Crippen MR) is 117 cm³/mol. The highest BCUT2D eigenvalue weighted by Gasteiger charge is 2.12. The van der Waals surface area contributed by atoms with Gasteiger partial charge in [-0.05, 0) is 42.8 Å². The minimum absolute atomic E-state index is 0.420. The first kappa shape index (κ1) is 20.7. The third kappa shape index (κ3) is 5.26. The molecule has 0 saturated heterocycles. The van der Waals surface area contributed by atoms with Gasteiger partial charge in [0.05, 0.1) is 17.2 Å². The lowest BCUT2D eigenvalue weighted by Gasteiger charge is -2.16. The molecule has 0 saturated carbocycles. The highest BCUT2D eigenvalue weighted by Crippen LogP contribution is 2.34. The van der Waals surface area contributed by atoms with Gasteiger partial charge >= 0.3 is 0 Å². The molecule has 3 aromatic rings. The first-order chi connectivity index (χ1) is 13.5. The van der Waals surface area contributed by atoms with Gasteiger partial charge in [-0.1, -0.05) is 64.6 Å². The van der Waals surface area contributed by atoms with Crippen LogP contribution in [-0.4, -0.2) is 7.11 Å². The SMILES string of the molecule is COc1ccc(NCc2cc(Cl)cc(Cl)c2OCc2ccc(C)cc2)cc1Cl. The highest BCUT2D eigenvalue weighted by atomic mass is 35.5. The summed E-state index contributed by atoms with van der Waals surface area (Å²) in [5.41, 5.74) is 3.98. The van der Waals surface area contributed by atoms with E-state index >= 15 is 0 Å².